The molecule has 1 aromatic carbocycles. The molecule has 0 saturated heterocycles. The second-order valence-electron chi connectivity index (χ2n) is 7.76. The Kier molecular flexibility index (Phi) is 7.59. The summed E-state index contributed by atoms with van der Waals surface area (Å²) in [5, 5.41) is 15.3. The lowest BCUT2D eigenvalue weighted by atomic mass is 9.94. The van der Waals surface area contributed by atoms with Gasteiger partial charge in [-0.3, -0.25) is 9.69 Å². The SMILES string of the molecule is Cc1ccc(C)c(NC(=O)Cc2nc(CN(CCO)C3CCCCC3)cs2)c1. The number of benzene rings is 1. The minimum atomic E-state index is -0.0332. The second-order valence-corrected chi connectivity index (χ2v) is 8.70. The lowest BCUT2D eigenvalue weighted by Gasteiger charge is -2.33. The molecule has 28 heavy (non-hydrogen) atoms. The number of hydrogen-bond acceptors (Lipinski definition) is 5. The smallest absolute Gasteiger partial charge is 0.231 e. The predicted molar refractivity (Wildman–Crippen MR) is 115 cm³/mol. The molecule has 1 saturated carbocycles. The average Bonchev–Trinajstić information content (AvgIpc) is 3.12. The van der Waals surface area contributed by atoms with Gasteiger partial charge in [-0.05, 0) is 43.9 Å². The molecule has 0 atom stereocenters. The number of aliphatic hydroxyl groups excluding tert-OH is 1. The van der Waals surface area contributed by atoms with E-state index in [1.165, 1.54) is 32.1 Å². The summed E-state index contributed by atoms with van der Waals surface area (Å²) in [7, 11) is 0. The van der Waals surface area contributed by atoms with Crippen LogP contribution in [0.5, 0.6) is 0 Å². The Balaban J connectivity index is 1.58. The van der Waals surface area contributed by atoms with E-state index in [-0.39, 0.29) is 12.5 Å². The Hall–Kier alpha value is -1.76. The fourth-order valence-electron chi connectivity index (χ4n) is 3.88. The van der Waals surface area contributed by atoms with Crippen LogP contribution in [-0.4, -0.2) is 40.1 Å². The van der Waals surface area contributed by atoms with Gasteiger partial charge in [0.2, 0.25) is 5.91 Å². The van der Waals surface area contributed by atoms with Crippen molar-refractivity contribution in [2.75, 3.05) is 18.5 Å². The van der Waals surface area contributed by atoms with Crippen molar-refractivity contribution in [2.24, 2.45) is 0 Å². The first-order valence-corrected chi connectivity index (χ1v) is 11.1. The van der Waals surface area contributed by atoms with Gasteiger partial charge in [0, 0.05) is 30.2 Å². The molecule has 1 aromatic heterocycles. The van der Waals surface area contributed by atoms with E-state index < -0.39 is 0 Å². The standard InChI is InChI=1S/C22H31N3O2S/c1-16-8-9-17(2)20(12-16)24-21(27)13-22-23-18(15-28-22)14-25(10-11-26)19-6-4-3-5-7-19/h8-9,12,15,19,26H,3-7,10-11,13-14H2,1-2H3,(H,24,27). The van der Waals surface area contributed by atoms with E-state index in [9.17, 15) is 9.90 Å². The van der Waals surface area contributed by atoms with Gasteiger partial charge in [-0.25, -0.2) is 4.98 Å². The van der Waals surface area contributed by atoms with Crippen molar-refractivity contribution in [1.82, 2.24) is 9.88 Å². The van der Waals surface area contributed by atoms with Gasteiger partial charge in [0.05, 0.1) is 18.7 Å². The second kappa shape index (κ2) is 10.1. The van der Waals surface area contributed by atoms with Crippen LogP contribution in [0.25, 0.3) is 0 Å². The van der Waals surface area contributed by atoms with Gasteiger partial charge in [-0.2, -0.15) is 0 Å². The Bertz CT molecular complexity index is 784. The molecule has 0 radical (unpaired) electrons. The molecule has 2 aromatic rings. The molecule has 0 aliphatic heterocycles. The summed E-state index contributed by atoms with van der Waals surface area (Å²) in [4.78, 5) is 19.5. The zero-order chi connectivity index (χ0) is 19.9. The van der Waals surface area contributed by atoms with Crippen molar-refractivity contribution >= 4 is 22.9 Å². The average molecular weight is 402 g/mol. The van der Waals surface area contributed by atoms with Gasteiger partial charge in [0.1, 0.15) is 5.01 Å². The van der Waals surface area contributed by atoms with Crippen molar-refractivity contribution in [3.05, 3.63) is 45.4 Å². The van der Waals surface area contributed by atoms with Gasteiger partial charge in [-0.1, -0.05) is 31.4 Å². The van der Waals surface area contributed by atoms with E-state index in [1.54, 1.807) is 11.3 Å². The number of carbonyl (C=O) groups is 1. The number of amides is 1. The monoisotopic (exact) mass is 401 g/mol. The molecule has 2 N–H and O–H groups in total. The fraction of sp³-hybridized carbons (Fsp3) is 0.545. The summed E-state index contributed by atoms with van der Waals surface area (Å²) >= 11 is 1.54. The highest BCUT2D eigenvalue weighted by atomic mass is 32.1. The number of aliphatic hydroxyl groups is 1. The van der Waals surface area contributed by atoms with Crippen LogP contribution < -0.4 is 5.32 Å². The molecular weight excluding hydrogens is 370 g/mol. The van der Waals surface area contributed by atoms with E-state index in [2.05, 4.69) is 15.2 Å². The number of thiazole rings is 1. The number of carbonyl (C=O) groups excluding carboxylic acids is 1. The van der Waals surface area contributed by atoms with Crippen LogP contribution in [0.4, 0.5) is 5.69 Å². The maximum atomic E-state index is 12.4. The Labute approximate surface area is 171 Å². The summed E-state index contributed by atoms with van der Waals surface area (Å²) in [6, 6.07) is 6.60. The van der Waals surface area contributed by atoms with Gasteiger partial charge in [0.25, 0.3) is 0 Å². The molecule has 6 heteroatoms. The number of rotatable bonds is 8. The van der Waals surface area contributed by atoms with Crippen LogP contribution in [0.15, 0.2) is 23.6 Å². The van der Waals surface area contributed by atoms with Gasteiger partial charge < -0.3 is 10.4 Å². The summed E-state index contributed by atoms with van der Waals surface area (Å²) in [5.41, 5.74) is 4.06. The molecule has 0 unspecified atom stereocenters. The minimum absolute atomic E-state index is 0.0332. The molecular formula is C22H31N3O2S. The third-order valence-corrected chi connectivity index (χ3v) is 6.32. The van der Waals surface area contributed by atoms with Gasteiger partial charge in [0.15, 0.2) is 0 Å². The maximum Gasteiger partial charge on any atom is 0.231 e. The van der Waals surface area contributed by atoms with Crippen molar-refractivity contribution in [3.8, 4) is 0 Å². The van der Waals surface area contributed by atoms with E-state index in [0.717, 1.165) is 34.1 Å². The lowest BCUT2D eigenvalue weighted by molar-refractivity contribution is -0.115. The summed E-state index contributed by atoms with van der Waals surface area (Å²) in [5.74, 6) is -0.0332. The third-order valence-electron chi connectivity index (χ3n) is 5.42. The molecule has 0 spiro atoms. The zero-order valence-corrected chi connectivity index (χ0v) is 17.7. The van der Waals surface area contributed by atoms with Crippen LogP contribution >= 0.6 is 11.3 Å². The van der Waals surface area contributed by atoms with Crippen LogP contribution in [-0.2, 0) is 17.8 Å². The number of hydrogen-bond donors (Lipinski definition) is 2. The first-order chi connectivity index (χ1) is 13.5. The molecule has 5 nitrogen and oxygen atoms in total. The zero-order valence-electron chi connectivity index (χ0n) is 16.9. The van der Waals surface area contributed by atoms with Crippen LogP contribution in [0, 0.1) is 13.8 Å². The number of aromatic nitrogens is 1. The topological polar surface area (TPSA) is 65.5 Å². The first-order valence-electron chi connectivity index (χ1n) is 10.2. The molecule has 1 heterocycles. The minimum Gasteiger partial charge on any atom is -0.395 e. The predicted octanol–water partition coefficient (Wildman–Crippen LogP) is 4.07. The molecule has 152 valence electrons. The van der Waals surface area contributed by atoms with Crippen LogP contribution in [0.1, 0.15) is 53.9 Å². The van der Waals surface area contributed by atoms with Crippen molar-refractivity contribution in [1.29, 1.82) is 0 Å². The van der Waals surface area contributed by atoms with E-state index in [1.807, 2.05) is 37.4 Å². The summed E-state index contributed by atoms with van der Waals surface area (Å²) in [6.07, 6.45) is 6.56. The number of nitrogens with one attached hydrogen (secondary N) is 1. The largest absolute Gasteiger partial charge is 0.395 e. The third kappa shape index (κ3) is 5.87. The molecule has 1 fully saturated rings. The maximum absolute atomic E-state index is 12.4. The highest BCUT2D eigenvalue weighted by Crippen LogP contribution is 2.24. The first kappa shape index (κ1) is 21.0. The molecule has 0 bridgehead atoms. The van der Waals surface area contributed by atoms with Gasteiger partial charge >= 0.3 is 0 Å². The summed E-state index contributed by atoms with van der Waals surface area (Å²) < 4.78 is 0. The Morgan fingerprint density at radius 3 is 2.82 bits per heavy atom. The van der Waals surface area contributed by atoms with Crippen LogP contribution in [0.2, 0.25) is 0 Å². The Morgan fingerprint density at radius 1 is 1.29 bits per heavy atom. The van der Waals surface area contributed by atoms with Crippen molar-refractivity contribution in [2.45, 2.75) is 65.0 Å². The number of aryl methyl sites for hydroxylation is 2. The molecule has 3 rings (SSSR count). The lowest BCUT2D eigenvalue weighted by Crippen LogP contribution is -2.38. The van der Waals surface area contributed by atoms with Crippen molar-refractivity contribution in [3.63, 3.8) is 0 Å². The number of nitrogens with zero attached hydrogens (tertiary/aromatic N) is 2. The summed E-state index contributed by atoms with van der Waals surface area (Å²) in [6.45, 7) is 5.63. The fourth-order valence-corrected chi connectivity index (χ4v) is 4.66. The molecule has 1 aliphatic rings. The Morgan fingerprint density at radius 2 is 2.07 bits per heavy atom. The molecule has 1 amide bonds. The van der Waals surface area contributed by atoms with Gasteiger partial charge in [-0.15, -0.1) is 11.3 Å². The van der Waals surface area contributed by atoms with E-state index >= 15 is 0 Å². The number of anilines is 1. The highest BCUT2D eigenvalue weighted by molar-refractivity contribution is 7.09. The van der Waals surface area contributed by atoms with Crippen LogP contribution in [0.3, 0.4) is 0 Å². The normalized spacial score (nSPS) is 15.1. The van der Waals surface area contributed by atoms with E-state index in [0.29, 0.717) is 19.0 Å². The molecule has 1 aliphatic carbocycles. The van der Waals surface area contributed by atoms with Crippen molar-refractivity contribution < 1.29 is 9.90 Å². The highest BCUT2D eigenvalue weighted by Gasteiger charge is 2.21. The quantitative estimate of drug-likeness (QED) is 0.700. The van der Waals surface area contributed by atoms with E-state index in [4.69, 9.17) is 0 Å².